The van der Waals surface area contributed by atoms with E-state index in [1.807, 2.05) is 11.8 Å². The van der Waals surface area contributed by atoms with Crippen LogP contribution in [-0.2, 0) is 28.6 Å². The largest absolute Gasteiger partial charge is 0.379 e. The van der Waals surface area contributed by atoms with Gasteiger partial charge in [0.1, 0.15) is 5.78 Å². The second-order valence-electron chi connectivity index (χ2n) is 9.77. The summed E-state index contributed by atoms with van der Waals surface area (Å²) >= 11 is 1.90. The summed E-state index contributed by atoms with van der Waals surface area (Å²) in [6, 6.07) is -0.0243. The normalized spacial score (nSPS) is 20.7. The van der Waals surface area contributed by atoms with Crippen molar-refractivity contribution >= 4 is 35.4 Å². The van der Waals surface area contributed by atoms with E-state index in [0.717, 1.165) is 31.4 Å². The van der Waals surface area contributed by atoms with Crippen molar-refractivity contribution in [3.63, 3.8) is 0 Å². The molecule has 0 radical (unpaired) electrons. The Balaban J connectivity index is 1.27. The molecule has 2 aliphatic rings. The van der Waals surface area contributed by atoms with Gasteiger partial charge in [-0.2, -0.15) is 11.8 Å². The lowest BCUT2D eigenvalue weighted by Crippen LogP contribution is -2.38. The fourth-order valence-corrected chi connectivity index (χ4v) is 5.96. The highest BCUT2D eigenvalue weighted by molar-refractivity contribution is 8.00. The number of urea groups is 1. The quantitative estimate of drug-likeness (QED) is 0.0859. The van der Waals surface area contributed by atoms with E-state index in [9.17, 15) is 19.2 Å². The minimum Gasteiger partial charge on any atom is -0.379 e. The second kappa shape index (κ2) is 20.0. The minimum absolute atomic E-state index is 0.0547. The maximum atomic E-state index is 12.0. The van der Waals surface area contributed by atoms with Gasteiger partial charge in [0.15, 0.2) is 0 Å². The Kier molecular flexibility index (Phi) is 17.1. The van der Waals surface area contributed by atoms with Crippen molar-refractivity contribution in [3.8, 4) is 0 Å². The van der Waals surface area contributed by atoms with Crippen LogP contribution in [0.5, 0.6) is 0 Å². The van der Waals surface area contributed by atoms with Crippen molar-refractivity contribution in [1.82, 2.24) is 26.6 Å². The number of thioether (sulfide) groups is 1. The van der Waals surface area contributed by atoms with Crippen LogP contribution in [0, 0.1) is 0 Å². The predicted octanol–water partition coefficient (Wildman–Crippen LogP) is 0.342. The number of unbranched alkanes of at least 4 members (excludes halogenated alkanes) is 1. The first kappa shape index (κ1) is 33.3. The van der Waals surface area contributed by atoms with E-state index < -0.39 is 6.04 Å². The maximum Gasteiger partial charge on any atom is 0.315 e. The van der Waals surface area contributed by atoms with Crippen LogP contribution in [0.3, 0.4) is 0 Å². The number of ketones is 1. The Hall–Kier alpha value is -1.93. The summed E-state index contributed by atoms with van der Waals surface area (Å²) in [6.45, 7) is 5.57. The summed E-state index contributed by atoms with van der Waals surface area (Å²) < 4.78 is 16.5. The number of hydrogen-bond donors (Lipinski definition) is 5. The van der Waals surface area contributed by atoms with E-state index >= 15 is 0 Å². The molecule has 0 aromatic rings. The molecule has 5 N–H and O–H groups in total. The molecule has 4 atom stereocenters. The van der Waals surface area contributed by atoms with Gasteiger partial charge in [-0.3, -0.25) is 14.4 Å². The summed E-state index contributed by atoms with van der Waals surface area (Å²) in [5, 5.41) is 14.9. The van der Waals surface area contributed by atoms with Crippen LogP contribution < -0.4 is 26.6 Å². The zero-order chi connectivity index (χ0) is 28.3. The van der Waals surface area contributed by atoms with E-state index in [1.54, 1.807) is 7.05 Å². The Bertz CT molecular complexity index is 760. The molecule has 2 rings (SSSR count). The molecule has 2 saturated heterocycles. The molecule has 13 heteroatoms. The highest BCUT2D eigenvalue weighted by Gasteiger charge is 2.42. The molecule has 39 heavy (non-hydrogen) atoms. The molecule has 0 spiro atoms. The van der Waals surface area contributed by atoms with E-state index in [4.69, 9.17) is 14.2 Å². The molecular weight excluding hydrogens is 526 g/mol. The van der Waals surface area contributed by atoms with Gasteiger partial charge in [0, 0.05) is 50.1 Å². The van der Waals surface area contributed by atoms with Crippen molar-refractivity contribution in [2.75, 3.05) is 65.5 Å². The highest BCUT2D eigenvalue weighted by atomic mass is 32.2. The lowest BCUT2D eigenvalue weighted by molar-refractivity contribution is -0.126. The molecule has 4 amide bonds. The van der Waals surface area contributed by atoms with E-state index in [0.29, 0.717) is 70.8 Å². The fraction of sp³-hybridized carbons (Fsp3) is 0.846. The van der Waals surface area contributed by atoms with Gasteiger partial charge in [0.05, 0.1) is 44.6 Å². The molecule has 0 aromatic heterocycles. The molecule has 0 unspecified atom stereocenters. The van der Waals surface area contributed by atoms with E-state index in [2.05, 4.69) is 26.6 Å². The Morgan fingerprint density at radius 2 is 1.51 bits per heavy atom. The van der Waals surface area contributed by atoms with Gasteiger partial charge in [-0.05, 0) is 39.7 Å². The second-order valence-corrected chi connectivity index (χ2v) is 11.0. The molecule has 0 aliphatic carbocycles. The van der Waals surface area contributed by atoms with Crippen LogP contribution in [0.1, 0.15) is 51.9 Å². The summed E-state index contributed by atoms with van der Waals surface area (Å²) in [5.74, 6) is 0.827. The third-order valence-corrected chi connectivity index (χ3v) is 8.14. The van der Waals surface area contributed by atoms with E-state index in [1.165, 1.54) is 6.92 Å². The van der Waals surface area contributed by atoms with Crippen LogP contribution in [-0.4, -0.2) is 113 Å². The lowest BCUT2D eigenvalue weighted by atomic mass is 10.0. The summed E-state index contributed by atoms with van der Waals surface area (Å²) in [7, 11) is 1.66. The monoisotopic (exact) mass is 573 g/mol. The first-order valence-corrected chi connectivity index (χ1v) is 15.1. The van der Waals surface area contributed by atoms with Gasteiger partial charge in [-0.25, -0.2) is 4.79 Å². The van der Waals surface area contributed by atoms with Crippen molar-refractivity contribution in [2.24, 2.45) is 0 Å². The highest BCUT2D eigenvalue weighted by Crippen LogP contribution is 2.33. The molecule has 0 aromatic carbocycles. The lowest BCUT2D eigenvalue weighted by Gasteiger charge is -2.16. The maximum absolute atomic E-state index is 12.0. The number of nitrogens with one attached hydrogen (secondary N) is 5. The number of ether oxygens (including phenoxy) is 3. The van der Waals surface area contributed by atoms with E-state index in [-0.39, 0.29) is 42.1 Å². The number of carbonyl (C=O) groups is 4. The fourth-order valence-electron chi connectivity index (χ4n) is 4.42. The average molecular weight is 574 g/mol. The molecule has 2 aliphatic heterocycles. The molecular formula is C26H47N5O7S. The molecule has 2 heterocycles. The number of carbonyl (C=O) groups excluding carboxylic acids is 4. The van der Waals surface area contributed by atoms with Crippen molar-refractivity contribution < 1.29 is 33.4 Å². The molecule has 0 bridgehead atoms. The predicted molar refractivity (Wildman–Crippen MR) is 150 cm³/mol. The number of rotatable bonds is 23. The summed E-state index contributed by atoms with van der Waals surface area (Å²) in [5.41, 5.74) is 0. The number of hydrogen-bond acceptors (Lipinski definition) is 9. The van der Waals surface area contributed by atoms with Gasteiger partial charge in [-0.1, -0.05) is 6.42 Å². The van der Waals surface area contributed by atoms with Crippen LogP contribution in [0.2, 0.25) is 0 Å². The minimum atomic E-state index is -0.443. The standard InChI is InChI=1S/C26H47N5O7S/c1-19(32)20(27-2)17-24(34)29-10-6-12-37-14-16-38-15-13-36-11-5-9-28-23(33)8-4-3-7-22-25-21(18-39-22)30-26(35)31-25/h20-22,25,27H,3-18H2,1-2H3,(H,28,33)(H,29,34)(H2,30,31,35)/t20-,21+,22+,25+/m0/s1. The summed E-state index contributed by atoms with van der Waals surface area (Å²) in [4.78, 5) is 46.5. The number of likely N-dealkylation sites (N-methyl/N-ethyl adjacent to an activating group) is 1. The average Bonchev–Trinajstić information content (AvgIpc) is 3.46. The SMILES string of the molecule is CN[C@@H](CC(=O)NCCCOCCOCCOCCCNC(=O)CCCC[C@H]1SC[C@H]2NC(=O)N[C@H]21)C(C)=O. The first-order valence-electron chi connectivity index (χ1n) is 14.0. The first-order chi connectivity index (χ1) is 18.9. The van der Waals surface area contributed by atoms with Crippen molar-refractivity contribution in [2.45, 2.75) is 75.2 Å². The van der Waals surface area contributed by atoms with Crippen LogP contribution in [0.15, 0.2) is 0 Å². The third kappa shape index (κ3) is 14.3. The van der Waals surface area contributed by atoms with Gasteiger partial charge < -0.3 is 40.8 Å². The molecule has 224 valence electrons. The third-order valence-electron chi connectivity index (χ3n) is 6.63. The van der Waals surface area contributed by atoms with Crippen LogP contribution in [0.4, 0.5) is 4.79 Å². The number of amides is 4. The van der Waals surface area contributed by atoms with Crippen LogP contribution in [0.25, 0.3) is 0 Å². The Morgan fingerprint density at radius 3 is 2.13 bits per heavy atom. The van der Waals surface area contributed by atoms with Gasteiger partial charge >= 0.3 is 6.03 Å². The van der Waals surface area contributed by atoms with Crippen molar-refractivity contribution in [1.29, 1.82) is 0 Å². The van der Waals surface area contributed by atoms with Crippen LogP contribution >= 0.6 is 11.8 Å². The Labute approximate surface area is 236 Å². The summed E-state index contributed by atoms with van der Waals surface area (Å²) in [6.07, 6.45) is 4.97. The molecule has 2 fully saturated rings. The van der Waals surface area contributed by atoms with Gasteiger partial charge in [0.2, 0.25) is 11.8 Å². The zero-order valence-electron chi connectivity index (χ0n) is 23.4. The number of Topliss-reactive ketones (excluding diaryl/α,β-unsaturated/α-hetero) is 1. The van der Waals surface area contributed by atoms with Crippen molar-refractivity contribution in [3.05, 3.63) is 0 Å². The molecule has 0 saturated carbocycles. The topological polar surface area (TPSA) is 156 Å². The number of fused-ring (bicyclic) bond motifs is 1. The molecule has 12 nitrogen and oxygen atoms in total. The van der Waals surface area contributed by atoms with Gasteiger partial charge in [-0.15, -0.1) is 0 Å². The smallest absolute Gasteiger partial charge is 0.315 e. The Morgan fingerprint density at radius 1 is 0.897 bits per heavy atom. The van der Waals surface area contributed by atoms with Gasteiger partial charge in [0.25, 0.3) is 0 Å². The zero-order valence-corrected chi connectivity index (χ0v) is 24.2.